The molecule has 0 heterocycles. The first-order valence-electron chi connectivity index (χ1n) is 7.97. The van der Waals surface area contributed by atoms with Crippen LogP contribution in [0.25, 0.3) is 0 Å². The number of anilines is 2. The van der Waals surface area contributed by atoms with E-state index in [1.54, 1.807) is 12.1 Å². The van der Waals surface area contributed by atoms with E-state index in [9.17, 15) is 8.42 Å². The molecular formula is C18H24N2O2S. The summed E-state index contributed by atoms with van der Waals surface area (Å²) < 4.78 is 26.9. The van der Waals surface area contributed by atoms with E-state index in [1.807, 2.05) is 42.5 Å². The molecule has 0 radical (unpaired) electrons. The Morgan fingerprint density at radius 2 is 1.57 bits per heavy atom. The molecule has 2 N–H and O–H groups in total. The van der Waals surface area contributed by atoms with Crippen LogP contribution in [0.1, 0.15) is 25.3 Å². The lowest BCUT2D eigenvalue weighted by molar-refractivity contribution is 0.600. The van der Waals surface area contributed by atoms with Gasteiger partial charge in [-0.05, 0) is 42.7 Å². The predicted octanol–water partition coefficient (Wildman–Crippen LogP) is 3.88. The van der Waals surface area contributed by atoms with Crippen molar-refractivity contribution in [2.75, 3.05) is 22.3 Å². The summed E-state index contributed by atoms with van der Waals surface area (Å²) >= 11 is 0. The Balaban J connectivity index is 1.87. The molecule has 0 saturated heterocycles. The van der Waals surface area contributed by atoms with Crippen LogP contribution >= 0.6 is 0 Å². The van der Waals surface area contributed by atoms with E-state index in [2.05, 4.69) is 17.0 Å². The van der Waals surface area contributed by atoms with Gasteiger partial charge in [0.25, 0.3) is 0 Å². The Bertz CT molecular complexity index is 683. The number of unbranched alkanes of at least 4 members (excludes halogenated alkanes) is 1. The number of rotatable bonds is 9. The number of hydrogen-bond donors (Lipinski definition) is 2. The van der Waals surface area contributed by atoms with Crippen molar-refractivity contribution in [2.24, 2.45) is 0 Å². The molecule has 124 valence electrons. The molecule has 0 aliphatic heterocycles. The van der Waals surface area contributed by atoms with Crippen LogP contribution < -0.4 is 10.0 Å². The fraction of sp³-hybridized carbons (Fsp3) is 0.333. The number of aryl methyl sites for hydroxylation is 1. The van der Waals surface area contributed by atoms with Crippen LogP contribution in [0.4, 0.5) is 11.4 Å². The standard InChI is InChI=1S/C18H24N2O2S/c1-2-3-14-19-17-9-11-18(12-10-17)20-23(21,22)15-13-16-7-5-4-6-8-16/h4-12,19-20H,2-3,13-15H2,1H3. The molecule has 0 unspecified atom stereocenters. The van der Waals surface area contributed by atoms with E-state index in [4.69, 9.17) is 0 Å². The van der Waals surface area contributed by atoms with Gasteiger partial charge in [-0.2, -0.15) is 0 Å². The Morgan fingerprint density at radius 3 is 2.22 bits per heavy atom. The molecule has 2 rings (SSSR count). The third kappa shape index (κ3) is 6.32. The van der Waals surface area contributed by atoms with Crippen LogP contribution in [0.2, 0.25) is 0 Å². The van der Waals surface area contributed by atoms with Gasteiger partial charge in [0.15, 0.2) is 0 Å². The SMILES string of the molecule is CCCCNc1ccc(NS(=O)(=O)CCc2ccccc2)cc1. The van der Waals surface area contributed by atoms with E-state index >= 15 is 0 Å². The van der Waals surface area contributed by atoms with Crippen LogP contribution in [0.5, 0.6) is 0 Å². The summed E-state index contributed by atoms with van der Waals surface area (Å²) in [5, 5.41) is 3.31. The summed E-state index contributed by atoms with van der Waals surface area (Å²) in [6, 6.07) is 17.0. The second-order valence-corrected chi connectivity index (χ2v) is 7.36. The van der Waals surface area contributed by atoms with Crippen molar-refractivity contribution in [3.63, 3.8) is 0 Å². The van der Waals surface area contributed by atoms with E-state index in [0.29, 0.717) is 12.1 Å². The normalized spacial score (nSPS) is 11.2. The minimum absolute atomic E-state index is 0.0769. The highest BCUT2D eigenvalue weighted by Crippen LogP contribution is 2.15. The number of hydrogen-bond acceptors (Lipinski definition) is 3. The molecule has 0 spiro atoms. The molecule has 23 heavy (non-hydrogen) atoms. The first-order valence-corrected chi connectivity index (χ1v) is 9.62. The first-order chi connectivity index (χ1) is 11.1. The van der Waals surface area contributed by atoms with E-state index in [0.717, 1.165) is 30.6 Å². The highest BCUT2D eigenvalue weighted by Gasteiger charge is 2.10. The quantitative estimate of drug-likeness (QED) is 0.685. The van der Waals surface area contributed by atoms with Gasteiger partial charge < -0.3 is 5.32 Å². The van der Waals surface area contributed by atoms with Crippen molar-refractivity contribution < 1.29 is 8.42 Å². The summed E-state index contributed by atoms with van der Waals surface area (Å²) in [6.45, 7) is 3.08. The summed E-state index contributed by atoms with van der Waals surface area (Å²) in [6.07, 6.45) is 2.77. The summed E-state index contributed by atoms with van der Waals surface area (Å²) in [4.78, 5) is 0. The Morgan fingerprint density at radius 1 is 0.913 bits per heavy atom. The van der Waals surface area contributed by atoms with Crippen LogP contribution in [-0.2, 0) is 16.4 Å². The van der Waals surface area contributed by atoms with Crippen molar-refractivity contribution in [1.82, 2.24) is 0 Å². The first kappa shape index (κ1) is 17.3. The summed E-state index contributed by atoms with van der Waals surface area (Å²) in [7, 11) is -3.34. The Labute approximate surface area is 139 Å². The third-order valence-electron chi connectivity index (χ3n) is 3.52. The van der Waals surface area contributed by atoms with Gasteiger partial charge in [-0.15, -0.1) is 0 Å². The highest BCUT2D eigenvalue weighted by atomic mass is 32.2. The zero-order valence-electron chi connectivity index (χ0n) is 13.5. The van der Waals surface area contributed by atoms with Crippen molar-refractivity contribution in [2.45, 2.75) is 26.2 Å². The van der Waals surface area contributed by atoms with Gasteiger partial charge in [0.05, 0.1) is 5.75 Å². The molecule has 5 heteroatoms. The van der Waals surface area contributed by atoms with Crippen LogP contribution in [-0.4, -0.2) is 20.7 Å². The summed E-state index contributed by atoms with van der Waals surface area (Å²) in [5.41, 5.74) is 2.62. The van der Waals surface area contributed by atoms with Gasteiger partial charge in [0, 0.05) is 17.9 Å². The molecular weight excluding hydrogens is 308 g/mol. The second-order valence-electron chi connectivity index (χ2n) is 5.51. The minimum atomic E-state index is -3.34. The van der Waals surface area contributed by atoms with Crippen molar-refractivity contribution in [3.05, 3.63) is 60.2 Å². The number of sulfonamides is 1. The molecule has 2 aromatic carbocycles. The fourth-order valence-corrected chi connectivity index (χ4v) is 3.29. The Hall–Kier alpha value is -2.01. The lowest BCUT2D eigenvalue weighted by Crippen LogP contribution is -2.18. The smallest absolute Gasteiger partial charge is 0.233 e. The molecule has 0 fully saturated rings. The summed E-state index contributed by atoms with van der Waals surface area (Å²) in [5.74, 6) is 0.0769. The van der Waals surface area contributed by atoms with Crippen molar-refractivity contribution in [1.29, 1.82) is 0 Å². The molecule has 2 aromatic rings. The lowest BCUT2D eigenvalue weighted by Gasteiger charge is -2.10. The van der Waals surface area contributed by atoms with Crippen LogP contribution in [0.15, 0.2) is 54.6 Å². The molecule has 0 bridgehead atoms. The predicted molar refractivity (Wildman–Crippen MR) is 97.4 cm³/mol. The molecule has 4 nitrogen and oxygen atoms in total. The fourth-order valence-electron chi connectivity index (χ4n) is 2.19. The van der Waals surface area contributed by atoms with Gasteiger partial charge >= 0.3 is 0 Å². The van der Waals surface area contributed by atoms with Gasteiger partial charge in [-0.25, -0.2) is 8.42 Å². The number of nitrogens with one attached hydrogen (secondary N) is 2. The zero-order chi connectivity index (χ0) is 16.5. The Kier molecular flexibility index (Phi) is 6.47. The van der Waals surface area contributed by atoms with Gasteiger partial charge in [0.2, 0.25) is 10.0 Å². The second kappa shape index (κ2) is 8.58. The monoisotopic (exact) mass is 332 g/mol. The molecule has 0 atom stereocenters. The highest BCUT2D eigenvalue weighted by molar-refractivity contribution is 7.92. The van der Waals surface area contributed by atoms with Gasteiger partial charge in [0.1, 0.15) is 0 Å². The number of benzene rings is 2. The molecule has 0 saturated carbocycles. The van der Waals surface area contributed by atoms with Crippen molar-refractivity contribution >= 4 is 21.4 Å². The van der Waals surface area contributed by atoms with E-state index in [1.165, 1.54) is 0 Å². The topological polar surface area (TPSA) is 58.2 Å². The molecule has 0 amide bonds. The minimum Gasteiger partial charge on any atom is -0.385 e. The molecule has 0 aromatic heterocycles. The largest absolute Gasteiger partial charge is 0.385 e. The van der Waals surface area contributed by atoms with Gasteiger partial charge in [-0.3, -0.25) is 4.72 Å². The average molecular weight is 332 g/mol. The van der Waals surface area contributed by atoms with Gasteiger partial charge in [-0.1, -0.05) is 43.7 Å². The maximum atomic E-state index is 12.1. The van der Waals surface area contributed by atoms with Crippen LogP contribution in [0, 0.1) is 0 Å². The maximum absolute atomic E-state index is 12.1. The van der Waals surface area contributed by atoms with E-state index in [-0.39, 0.29) is 5.75 Å². The third-order valence-corrected chi connectivity index (χ3v) is 4.81. The average Bonchev–Trinajstić information content (AvgIpc) is 2.56. The maximum Gasteiger partial charge on any atom is 0.233 e. The molecule has 0 aliphatic carbocycles. The zero-order valence-corrected chi connectivity index (χ0v) is 14.3. The molecule has 0 aliphatic rings. The van der Waals surface area contributed by atoms with Crippen LogP contribution in [0.3, 0.4) is 0 Å². The van der Waals surface area contributed by atoms with Crippen molar-refractivity contribution in [3.8, 4) is 0 Å². The lowest BCUT2D eigenvalue weighted by atomic mass is 10.2. The van der Waals surface area contributed by atoms with E-state index < -0.39 is 10.0 Å².